The summed E-state index contributed by atoms with van der Waals surface area (Å²) in [6, 6.07) is 10.3. The third-order valence-corrected chi connectivity index (χ3v) is 3.81. The quantitative estimate of drug-likeness (QED) is 0.790. The molecule has 0 unspecified atom stereocenters. The first kappa shape index (κ1) is 22.7. The first-order valence-corrected chi connectivity index (χ1v) is 7.70. The number of hydrogen-bond donors (Lipinski definition) is 2. The maximum Gasteiger partial charge on any atom is 0.242 e. The fourth-order valence-corrected chi connectivity index (χ4v) is 2.58. The third kappa shape index (κ3) is 7.49. The van der Waals surface area contributed by atoms with Gasteiger partial charge in [-0.15, -0.1) is 24.8 Å². The molecule has 0 bridgehead atoms. The van der Waals surface area contributed by atoms with Crippen LogP contribution in [0.3, 0.4) is 0 Å². The molecular weight excluding hydrogens is 351 g/mol. The van der Waals surface area contributed by atoms with Crippen LogP contribution in [0.4, 0.5) is 0 Å². The Morgan fingerprint density at radius 1 is 1.04 bits per heavy atom. The Morgan fingerprint density at radius 2 is 1.75 bits per heavy atom. The normalized spacial score (nSPS) is 14.8. The second-order valence-electron chi connectivity index (χ2n) is 5.48. The maximum atomic E-state index is 12.1. The lowest BCUT2D eigenvalue weighted by Gasteiger charge is -2.22. The highest BCUT2D eigenvalue weighted by atomic mass is 35.5. The van der Waals surface area contributed by atoms with E-state index in [1.807, 2.05) is 23.1 Å². The number of hydrogen-bond acceptors (Lipinski definition) is 4. The summed E-state index contributed by atoms with van der Waals surface area (Å²) < 4.78 is 0. The lowest BCUT2D eigenvalue weighted by atomic mass is 10.2. The van der Waals surface area contributed by atoms with E-state index in [2.05, 4.69) is 22.3 Å². The molecule has 136 valence electrons. The zero-order valence-electron chi connectivity index (χ0n) is 13.6. The number of rotatable bonds is 5. The molecule has 0 atom stereocenters. The number of carbonyl (C=O) groups excluding carboxylic acids is 2. The van der Waals surface area contributed by atoms with Gasteiger partial charge in [-0.1, -0.05) is 30.3 Å². The van der Waals surface area contributed by atoms with Crippen molar-refractivity contribution in [3.63, 3.8) is 0 Å². The highest BCUT2D eigenvalue weighted by Gasteiger charge is 2.19. The van der Waals surface area contributed by atoms with Crippen LogP contribution in [0.5, 0.6) is 0 Å². The van der Waals surface area contributed by atoms with E-state index in [1.54, 1.807) is 0 Å². The Bertz CT molecular complexity index is 502. The number of halogens is 2. The molecule has 1 aliphatic rings. The van der Waals surface area contributed by atoms with Gasteiger partial charge in [0.25, 0.3) is 0 Å². The molecular formula is C16H26Cl2N4O2. The summed E-state index contributed by atoms with van der Waals surface area (Å²) in [5.41, 5.74) is 6.50. The summed E-state index contributed by atoms with van der Waals surface area (Å²) in [4.78, 5) is 27.4. The van der Waals surface area contributed by atoms with Gasteiger partial charge in [0.1, 0.15) is 0 Å². The van der Waals surface area contributed by atoms with Gasteiger partial charge in [-0.2, -0.15) is 0 Å². The first-order valence-electron chi connectivity index (χ1n) is 7.70. The van der Waals surface area contributed by atoms with Crippen LogP contribution < -0.4 is 11.1 Å². The first-order chi connectivity index (χ1) is 10.7. The summed E-state index contributed by atoms with van der Waals surface area (Å²) in [6.45, 7) is 4.13. The van der Waals surface area contributed by atoms with Gasteiger partial charge in [-0.3, -0.25) is 14.5 Å². The van der Waals surface area contributed by atoms with Crippen molar-refractivity contribution in [1.29, 1.82) is 0 Å². The van der Waals surface area contributed by atoms with E-state index in [4.69, 9.17) is 5.73 Å². The fraction of sp³-hybridized carbons (Fsp3) is 0.500. The molecule has 3 N–H and O–H groups in total. The highest BCUT2D eigenvalue weighted by Crippen LogP contribution is 2.09. The maximum absolute atomic E-state index is 12.1. The smallest absolute Gasteiger partial charge is 0.242 e. The zero-order chi connectivity index (χ0) is 15.8. The van der Waals surface area contributed by atoms with E-state index in [0.29, 0.717) is 6.54 Å². The average molecular weight is 377 g/mol. The summed E-state index contributed by atoms with van der Waals surface area (Å²) in [6.07, 6.45) is 0.948. The summed E-state index contributed by atoms with van der Waals surface area (Å²) in [7, 11) is 0. The number of nitrogens with one attached hydrogen (secondary N) is 1. The molecule has 6 nitrogen and oxygen atoms in total. The summed E-state index contributed by atoms with van der Waals surface area (Å²) >= 11 is 0. The second kappa shape index (κ2) is 12.1. The van der Waals surface area contributed by atoms with Gasteiger partial charge in [-0.05, 0) is 12.0 Å². The van der Waals surface area contributed by atoms with E-state index in [9.17, 15) is 9.59 Å². The molecule has 1 fully saturated rings. The van der Waals surface area contributed by atoms with E-state index in [-0.39, 0.29) is 49.7 Å². The van der Waals surface area contributed by atoms with Crippen molar-refractivity contribution in [2.24, 2.45) is 5.73 Å². The number of amides is 2. The highest BCUT2D eigenvalue weighted by molar-refractivity contribution is 5.86. The van der Waals surface area contributed by atoms with Gasteiger partial charge < -0.3 is 16.0 Å². The molecule has 0 aliphatic carbocycles. The topological polar surface area (TPSA) is 78.7 Å². The molecule has 1 aromatic carbocycles. The predicted octanol–water partition coefficient (Wildman–Crippen LogP) is 0.639. The van der Waals surface area contributed by atoms with Gasteiger partial charge >= 0.3 is 0 Å². The molecule has 0 saturated carbocycles. The van der Waals surface area contributed by atoms with Crippen molar-refractivity contribution in [2.45, 2.75) is 13.0 Å². The van der Waals surface area contributed by atoms with E-state index in [0.717, 1.165) is 32.6 Å². The van der Waals surface area contributed by atoms with Crippen LogP contribution in [-0.4, -0.2) is 60.9 Å². The van der Waals surface area contributed by atoms with Gasteiger partial charge in [0.05, 0.1) is 13.1 Å². The van der Waals surface area contributed by atoms with Crippen molar-refractivity contribution in [3.8, 4) is 0 Å². The number of benzene rings is 1. The zero-order valence-corrected chi connectivity index (χ0v) is 15.3. The Morgan fingerprint density at radius 3 is 2.42 bits per heavy atom. The van der Waals surface area contributed by atoms with Crippen LogP contribution >= 0.6 is 24.8 Å². The Labute approximate surface area is 155 Å². The van der Waals surface area contributed by atoms with Crippen molar-refractivity contribution < 1.29 is 9.59 Å². The lowest BCUT2D eigenvalue weighted by molar-refractivity contribution is -0.132. The van der Waals surface area contributed by atoms with Crippen molar-refractivity contribution in [1.82, 2.24) is 15.1 Å². The van der Waals surface area contributed by atoms with Crippen LogP contribution in [0.15, 0.2) is 30.3 Å². The molecule has 1 saturated heterocycles. The van der Waals surface area contributed by atoms with Crippen LogP contribution in [0.2, 0.25) is 0 Å². The molecule has 2 amide bonds. The number of nitrogens with two attached hydrogens (primary N) is 1. The Balaban J connectivity index is 0.00000264. The third-order valence-electron chi connectivity index (χ3n) is 3.81. The standard InChI is InChI=1S/C16H24N4O2.2ClH/c17-11-15(21)18-12-16(22)20-8-4-7-19(9-10-20)13-14-5-2-1-3-6-14;;/h1-3,5-6H,4,7-13,17H2,(H,18,21);2*1H. The predicted molar refractivity (Wildman–Crippen MR) is 99.5 cm³/mol. The Hall–Kier alpha value is -1.34. The van der Waals surface area contributed by atoms with Crippen LogP contribution in [-0.2, 0) is 16.1 Å². The molecule has 1 aliphatic heterocycles. The average Bonchev–Trinajstić information content (AvgIpc) is 2.79. The number of carbonyl (C=O) groups is 2. The molecule has 0 spiro atoms. The summed E-state index contributed by atoms with van der Waals surface area (Å²) in [5, 5.41) is 2.53. The monoisotopic (exact) mass is 376 g/mol. The Kier molecular flexibility index (Phi) is 11.4. The SMILES string of the molecule is Cl.Cl.NCC(=O)NCC(=O)N1CCCN(Cc2ccccc2)CC1. The summed E-state index contributed by atoms with van der Waals surface area (Å²) in [5.74, 6) is -0.336. The van der Waals surface area contributed by atoms with Crippen LogP contribution in [0.1, 0.15) is 12.0 Å². The molecule has 0 aromatic heterocycles. The van der Waals surface area contributed by atoms with Crippen molar-refractivity contribution in [2.75, 3.05) is 39.3 Å². The van der Waals surface area contributed by atoms with Crippen molar-refractivity contribution in [3.05, 3.63) is 35.9 Å². The van der Waals surface area contributed by atoms with Crippen LogP contribution in [0, 0.1) is 0 Å². The molecule has 8 heteroatoms. The van der Waals surface area contributed by atoms with Gasteiger partial charge in [0, 0.05) is 32.7 Å². The molecule has 2 rings (SSSR count). The number of nitrogens with zero attached hydrogens (tertiary/aromatic N) is 2. The minimum atomic E-state index is -0.297. The molecule has 24 heavy (non-hydrogen) atoms. The minimum Gasteiger partial charge on any atom is -0.346 e. The van der Waals surface area contributed by atoms with Gasteiger partial charge in [-0.25, -0.2) is 0 Å². The fourth-order valence-electron chi connectivity index (χ4n) is 2.58. The molecule has 1 heterocycles. The van der Waals surface area contributed by atoms with E-state index < -0.39 is 0 Å². The molecule has 1 aromatic rings. The van der Waals surface area contributed by atoms with Crippen LogP contribution in [0.25, 0.3) is 0 Å². The van der Waals surface area contributed by atoms with E-state index in [1.165, 1.54) is 5.56 Å². The second-order valence-corrected chi connectivity index (χ2v) is 5.48. The lowest BCUT2D eigenvalue weighted by Crippen LogP contribution is -2.43. The van der Waals surface area contributed by atoms with Gasteiger partial charge in [0.15, 0.2) is 0 Å². The van der Waals surface area contributed by atoms with E-state index >= 15 is 0 Å². The van der Waals surface area contributed by atoms with Crippen molar-refractivity contribution >= 4 is 36.6 Å². The minimum absolute atomic E-state index is 0. The molecule has 0 radical (unpaired) electrons. The largest absolute Gasteiger partial charge is 0.346 e. The van der Waals surface area contributed by atoms with Gasteiger partial charge in [0.2, 0.25) is 11.8 Å².